The Labute approximate surface area is 129 Å². The number of ether oxygens (including phenoxy) is 1. The van der Waals surface area contributed by atoms with Crippen LogP contribution in [0.2, 0.25) is 10.0 Å². The van der Waals surface area contributed by atoms with Crippen LogP contribution in [0.1, 0.15) is 0 Å². The van der Waals surface area contributed by atoms with E-state index in [0.717, 1.165) is 0 Å². The summed E-state index contributed by atoms with van der Waals surface area (Å²) in [4.78, 5) is 12.4. The molecule has 0 spiro atoms. The van der Waals surface area contributed by atoms with Gasteiger partial charge in [0.05, 0.1) is 9.95 Å². The average molecular weight is 334 g/mol. The average Bonchev–Trinajstić information content (AvgIpc) is 2.43. The van der Waals surface area contributed by atoms with Gasteiger partial charge in [-0.25, -0.2) is 0 Å². The van der Waals surface area contributed by atoms with Crippen LogP contribution in [0.4, 0.5) is 11.4 Å². The van der Waals surface area contributed by atoms with Crippen molar-refractivity contribution in [2.75, 3.05) is 4.84 Å². The van der Waals surface area contributed by atoms with Gasteiger partial charge in [0.1, 0.15) is 22.2 Å². The van der Waals surface area contributed by atoms with Crippen LogP contribution in [0.3, 0.4) is 0 Å². The Bertz CT molecular complexity index is 664. The van der Waals surface area contributed by atoms with E-state index in [9.17, 15) is 10.1 Å². The topological polar surface area (TPSA) is 64.4 Å². The molecule has 5 nitrogen and oxygen atoms in total. The SMILES string of the molecule is O=[N+]([O-])c1ccc(Oc2cccc(Cl)c2Cl)cc1NCl. The van der Waals surface area contributed by atoms with Gasteiger partial charge in [0.15, 0.2) is 0 Å². The number of nitro groups is 1. The first-order chi connectivity index (χ1) is 9.52. The lowest BCUT2D eigenvalue weighted by Gasteiger charge is -2.09. The number of rotatable bonds is 4. The highest BCUT2D eigenvalue weighted by Crippen LogP contribution is 2.37. The van der Waals surface area contributed by atoms with Gasteiger partial charge in [0.25, 0.3) is 5.69 Å². The predicted octanol–water partition coefficient (Wildman–Crippen LogP) is 5.26. The molecule has 0 aliphatic carbocycles. The van der Waals surface area contributed by atoms with Crippen LogP contribution in [-0.4, -0.2) is 4.92 Å². The van der Waals surface area contributed by atoms with E-state index in [2.05, 4.69) is 4.84 Å². The van der Waals surface area contributed by atoms with Gasteiger partial charge in [0.2, 0.25) is 0 Å². The Balaban J connectivity index is 2.35. The quantitative estimate of drug-likeness (QED) is 0.471. The molecule has 0 amide bonds. The highest BCUT2D eigenvalue weighted by Gasteiger charge is 2.15. The molecule has 8 heteroatoms. The molecule has 0 fully saturated rings. The molecule has 0 saturated heterocycles. The summed E-state index contributed by atoms with van der Waals surface area (Å²) >= 11 is 17.3. The Morgan fingerprint density at radius 2 is 1.95 bits per heavy atom. The molecular weight excluding hydrogens is 327 g/mol. The standard InChI is InChI=1S/C12H7Cl3N2O3/c13-8-2-1-3-11(12(8)14)20-7-4-5-10(17(18)19)9(6-7)16-15/h1-6,16H. The molecule has 2 aromatic rings. The van der Waals surface area contributed by atoms with Gasteiger partial charge < -0.3 is 4.74 Å². The fourth-order valence-corrected chi connectivity index (χ4v) is 1.99. The highest BCUT2D eigenvalue weighted by molar-refractivity contribution is 6.42. The van der Waals surface area contributed by atoms with Crippen molar-refractivity contribution in [1.29, 1.82) is 0 Å². The molecule has 20 heavy (non-hydrogen) atoms. The summed E-state index contributed by atoms with van der Waals surface area (Å²) in [5.74, 6) is 0.677. The second-order valence-corrected chi connectivity index (χ2v) is 4.66. The minimum absolute atomic E-state index is 0.118. The minimum atomic E-state index is -0.555. The number of nitrogens with zero attached hydrogens (tertiary/aromatic N) is 1. The fourth-order valence-electron chi connectivity index (χ4n) is 1.50. The number of halogens is 3. The molecule has 0 aliphatic heterocycles. The summed E-state index contributed by atoms with van der Waals surface area (Å²) < 4.78 is 5.53. The maximum atomic E-state index is 10.8. The molecule has 0 aliphatic rings. The summed E-state index contributed by atoms with van der Waals surface area (Å²) in [5.41, 5.74) is -0.0446. The number of hydrogen-bond donors (Lipinski definition) is 1. The largest absolute Gasteiger partial charge is 0.456 e. The Morgan fingerprint density at radius 1 is 1.20 bits per heavy atom. The molecule has 104 valence electrons. The van der Waals surface area contributed by atoms with Crippen molar-refractivity contribution in [3.63, 3.8) is 0 Å². The monoisotopic (exact) mass is 332 g/mol. The van der Waals surface area contributed by atoms with Gasteiger partial charge in [-0.3, -0.25) is 15.0 Å². The van der Waals surface area contributed by atoms with Crippen LogP contribution in [0.25, 0.3) is 0 Å². The van der Waals surface area contributed by atoms with Crippen LogP contribution >= 0.6 is 35.0 Å². The number of nitrogens with one attached hydrogen (secondary N) is 1. The van der Waals surface area contributed by atoms with E-state index < -0.39 is 4.92 Å². The first-order valence-corrected chi connectivity index (χ1v) is 6.43. The number of nitro benzene ring substituents is 1. The van der Waals surface area contributed by atoms with Gasteiger partial charge in [-0.1, -0.05) is 29.3 Å². The summed E-state index contributed by atoms with van der Waals surface area (Å²) in [5, 5.41) is 11.4. The van der Waals surface area contributed by atoms with Crippen molar-refractivity contribution in [1.82, 2.24) is 0 Å². The molecule has 0 atom stereocenters. The Kier molecular flexibility index (Phi) is 4.54. The molecule has 0 saturated carbocycles. The van der Waals surface area contributed by atoms with Crippen molar-refractivity contribution in [2.45, 2.75) is 0 Å². The molecule has 0 heterocycles. The number of hydrogen-bond acceptors (Lipinski definition) is 4. The normalized spacial score (nSPS) is 10.2. The second kappa shape index (κ2) is 6.17. The van der Waals surface area contributed by atoms with Crippen LogP contribution in [-0.2, 0) is 0 Å². The zero-order chi connectivity index (χ0) is 14.7. The maximum Gasteiger partial charge on any atom is 0.293 e. The molecular formula is C12H7Cl3N2O3. The fraction of sp³-hybridized carbons (Fsp3) is 0. The predicted molar refractivity (Wildman–Crippen MR) is 79.1 cm³/mol. The second-order valence-electron chi connectivity index (χ2n) is 3.68. The Morgan fingerprint density at radius 3 is 2.60 bits per heavy atom. The van der Waals surface area contributed by atoms with Crippen LogP contribution < -0.4 is 9.57 Å². The third-order valence-electron chi connectivity index (χ3n) is 2.41. The van der Waals surface area contributed by atoms with Crippen molar-refractivity contribution >= 4 is 46.4 Å². The van der Waals surface area contributed by atoms with E-state index in [0.29, 0.717) is 16.5 Å². The van der Waals surface area contributed by atoms with E-state index in [1.807, 2.05) is 0 Å². The van der Waals surface area contributed by atoms with Gasteiger partial charge >= 0.3 is 0 Å². The molecule has 2 aromatic carbocycles. The molecule has 0 radical (unpaired) electrons. The van der Waals surface area contributed by atoms with Crippen molar-refractivity contribution in [2.24, 2.45) is 0 Å². The molecule has 0 bridgehead atoms. The van der Waals surface area contributed by atoms with Crippen molar-refractivity contribution in [3.8, 4) is 11.5 Å². The first kappa shape index (κ1) is 14.7. The van der Waals surface area contributed by atoms with Crippen LogP contribution in [0, 0.1) is 10.1 Å². The van der Waals surface area contributed by atoms with Gasteiger partial charge in [-0.2, -0.15) is 0 Å². The van der Waals surface area contributed by atoms with Crippen LogP contribution in [0.15, 0.2) is 36.4 Å². The molecule has 1 N–H and O–H groups in total. The van der Waals surface area contributed by atoms with Gasteiger partial charge in [-0.05, 0) is 18.2 Å². The minimum Gasteiger partial charge on any atom is -0.456 e. The summed E-state index contributed by atoms with van der Waals surface area (Å²) in [6, 6.07) is 9.03. The lowest BCUT2D eigenvalue weighted by atomic mass is 10.2. The van der Waals surface area contributed by atoms with Crippen LogP contribution in [0.5, 0.6) is 11.5 Å². The number of anilines is 1. The first-order valence-electron chi connectivity index (χ1n) is 5.30. The lowest BCUT2D eigenvalue weighted by molar-refractivity contribution is -0.383. The van der Waals surface area contributed by atoms with Gasteiger partial charge in [0, 0.05) is 23.9 Å². The maximum absolute atomic E-state index is 10.8. The third-order valence-corrected chi connectivity index (χ3v) is 3.42. The zero-order valence-electron chi connectivity index (χ0n) is 9.77. The van der Waals surface area contributed by atoms with E-state index >= 15 is 0 Å². The van der Waals surface area contributed by atoms with E-state index in [1.165, 1.54) is 18.2 Å². The third kappa shape index (κ3) is 3.07. The summed E-state index contributed by atoms with van der Waals surface area (Å²) in [6.45, 7) is 0. The van der Waals surface area contributed by atoms with E-state index in [1.54, 1.807) is 18.2 Å². The van der Waals surface area contributed by atoms with Crippen molar-refractivity contribution < 1.29 is 9.66 Å². The van der Waals surface area contributed by atoms with E-state index in [4.69, 9.17) is 39.7 Å². The zero-order valence-corrected chi connectivity index (χ0v) is 12.0. The number of benzene rings is 2. The summed E-state index contributed by atoms with van der Waals surface area (Å²) in [6.07, 6.45) is 0. The Hall–Kier alpha value is -1.69. The lowest BCUT2D eigenvalue weighted by Crippen LogP contribution is -1.94. The molecule has 0 unspecified atom stereocenters. The smallest absolute Gasteiger partial charge is 0.293 e. The van der Waals surface area contributed by atoms with Crippen molar-refractivity contribution in [3.05, 3.63) is 56.6 Å². The molecule has 2 rings (SSSR count). The van der Waals surface area contributed by atoms with Gasteiger partial charge in [-0.15, -0.1) is 0 Å². The summed E-state index contributed by atoms with van der Waals surface area (Å²) in [7, 11) is 0. The molecule has 0 aromatic heterocycles. The van der Waals surface area contributed by atoms with E-state index in [-0.39, 0.29) is 16.4 Å². The highest BCUT2D eigenvalue weighted by atomic mass is 35.5.